The lowest BCUT2D eigenvalue weighted by Gasteiger charge is -2.35. The van der Waals surface area contributed by atoms with E-state index in [9.17, 15) is 10.2 Å². The van der Waals surface area contributed by atoms with E-state index in [4.69, 9.17) is 0 Å². The van der Waals surface area contributed by atoms with Crippen molar-refractivity contribution in [3.05, 3.63) is 35.9 Å². The van der Waals surface area contributed by atoms with Crippen molar-refractivity contribution in [3.8, 4) is 0 Å². The molecule has 0 aliphatic carbocycles. The summed E-state index contributed by atoms with van der Waals surface area (Å²) in [6, 6.07) is 9.57. The summed E-state index contributed by atoms with van der Waals surface area (Å²) >= 11 is 0. The first kappa shape index (κ1) is 13.2. The monoisotopic (exact) mass is 223 g/mol. The molecule has 0 radical (unpaired) electrons. The van der Waals surface area contributed by atoms with Crippen LogP contribution in [-0.2, 0) is 0 Å². The van der Waals surface area contributed by atoms with Gasteiger partial charge in [-0.05, 0) is 26.5 Å². The fourth-order valence-electron chi connectivity index (χ4n) is 1.41. The van der Waals surface area contributed by atoms with E-state index in [1.165, 1.54) is 0 Å². The zero-order chi connectivity index (χ0) is 12.2. The van der Waals surface area contributed by atoms with Crippen LogP contribution in [0.1, 0.15) is 25.5 Å². The normalized spacial score (nSPS) is 14.1. The van der Waals surface area contributed by atoms with Crippen molar-refractivity contribution in [3.63, 3.8) is 0 Å². The van der Waals surface area contributed by atoms with E-state index in [2.05, 4.69) is 0 Å². The predicted molar refractivity (Wildman–Crippen MR) is 65.2 cm³/mol. The van der Waals surface area contributed by atoms with E-state index in [0.717, 1.165) is 5.56 Å². The van der Waals surface area contributed by atoms with Crippen molar-refractivity contribution in [2.24, 2.45) is 0 Å². The molecule has 0 aliphatic heterocycles. The molecule has 0 fully saturated rings. The van der Waals surface area contributed by atoms with Crippen LogP contribution in [0, 0.1) is 0 Å². The Morgan fingerprint density at radius 1 is 1.25 bits per heavy atom. The lowest BCUT2D eigenvalue weighted by Crippen LogP contribution is -2.46. The molecule has 0 saturated heterocycles. The molecule has 0 aliphatic rings. The number of hydrogen-bond donors (Lipinski definition) is 2. The fraction of sp³-hybridized carbons (Fsp3) is 0.538. The molecule has 3 nitrogen and oxygen atoms in total. The Morgan fingerprint density at radius 3 is 2.31 bits per heavy atom. The average Bonchev–Trinajstić information content (AvgIpc) is 2.30. The van der Waals surface area contributed by atoms with Gasteiger partial charge in [-0.3, -0.25) is 4.90 Å². The Kier molecular flexibility index (Phi) is 4.47. The summed E-state index contributed by atoms with van der Waals surface area (Å²) in [5, 5.41) is 19.3. The Morgan fingerprint density at radius 2 is 1.81 bits per heavy atom. The van der Waals surface area contributed by atoms with Crippen molar-refractivity contribution < 1.29 is 10.2 Å². The van der Waals surface area contributed by atoms with E-state index >= 15 is 0 Å². The van der Waals surface area contributed by atoms with Crippen LogP contribution in [0.2, 0.25) is 0 Å². The summed E-state index contributed by atoms with van der Waals surface area (Å²) in [6.45, 7) is 4.48. The van der Waals surface area contributed by atoms with Crippen LogP contribution in [0.15, 0.2) is 30.3 Å². The molecule has 16 heavy (non-hydrogen) atoms. The van der Waals surface area contributed by atoms with Crippen LogP contribution < -0.4 is 0 Å². The number of aliphatic hydroxyl groups excluding tert-OH is 2. The van der Waals surface area contributed by atoms with Crippen LogP contribution in [0.25, 0.3) is 0 Å². The summed E-state index contributed by atoms with van der Waals surface area (Å²) in [5.74, 6) is 0. The molecule has 0 spiro atoms. The van der Waals surface area contributed by atoms with Crippen molar-refractivity contribution in [2.45, 2.75) is 25.5 Å². The van der Waals surface area contributed by atoms with Crippen molar-refractivity contribution in [2.75, 3.05) is 20.2 Å². The molecule has 1 aromatic rings. The smallest absolute Gasteiger partial charge is 0.0917 e. The minimum Gasteiger partial charge on any atom is -0.394 e. The third-order valence-electron chi connectivity index (χ3n) is 3.05. The molecule has 0 bridgehead atoms. The van der Waals surface area contributed by atoms with E-state index in [-0.39, 0.29) is 12.1 Å². The molecule has 0 amide bonds. The standard InChI is InChI=1S/C13H21NO2/c1-13(2,10-15)14(3)9-12(16)11-7-5-4-6-8-11/h4-8,12,15-16H,9-10H2,1-3H3. The summed E-state index contributed by atoms with van der Waals surface area (Å²) in [6.07, 6.45) is -0.517. The zero-order valence-electron chi connectivity index (χ0n) is 10.2. The molecule has 0 heterocycles. The third-order valence-corrected chi connectivity index (χ3v) is 3.05. The number of nitrogens with zero attached hydrogens (tertiary/aromatic N) is 1. The fourth-order valence-corrected chi connectivity index (χ4v) is 1.41. The lowest BCUT2D eigenvalue weighted by atomic mass is 10.0. The topological polar surface area (TPSA) is 43.7 Å². The average molecular weight is 223 g/mol. The van der Waals surface area contributed by atoms with Crippen LogP contribution in [0.5, 0.6) is 0 Å². The highest BCUT2D eigenvalue weighted by atomic mass is 16.3. The molecular weight excluding hydrogens is 202 g/mol. The van der Waals surface area contributed by atoms with Crippen LogP contribution in [0.4, 0.5) is 0 Å². The first-order chi connectivity index (χ1) is 7.47. The number of β-amino-alcohol motifs (C(OH)–C–C–N with tert-alkyl or cyclic N) is 1. The van der Waals surface area contributed by atoms with Gasteiger partial charge in [0.2, 0.25) is 0 Å². The Balaban J connectivity index is 2.62. The van der Waals surface area contributed by atoms with Gasteiger partial charge in [-0.2, -0.15) is 0 Å². The predicted octanol–water partition coefficient (Wildman–Crippen LogP) is 1.42. The second kappa shape index (κ2) is 5.43. The summed E-state index contributed by atoms with van der Waals surface area (Å²) in [5.41, 5.74) is 0.596. The lowest BCUT2D eigenvalue weighted by molar-refractivity contribution is 0.0360. The van der Waals surface area contributed by atoms with Gasteiger partial charge in [-0.1, -0.05) is 30.3 Å². The number of hydrogen-bond acceptors (Lipinski definition) is 3. The second-order valence-electron chi connectivity index (χ2n) is 4.78. The largest absolute Gasteiger partial charge is 0.394 e. The molecule has 2 N–H and O–H groups in total. The molecule has 1 aromatic carbocycles. The number of aliphatic hydroxyl groups is 2. The van der Waals surface area contributed by atoms with E-state index in [1.807, 2.05) is 56.1 Å². The molecular formula is C13H21NO2. The number of benzene rings is 1. The van der Waals surface area contributed by atoms with Gasteiger partial charge < -0.3 is 10.2 Å². The Bertz CT molecular complexity index is 311. The first-order valence-electron chi connectivity index (χ1n) is 5.52. The summed E-state index contributed by atoms with van der Waals surface area (Å²) in [4.78, 5) is 1.96. The van der Waals surface area contributed by atoms with E-state index in [0.29, 0.717) is 6.54 Å². The highest BCUT2D eigenvalue weighted by molar-refractivity contribution is 5.17. The molecule has 1 unspecified atom stereocenters. The third kappa shape index (κ3) is 3.30. The highest BCUT2D eigenvalue weighted by Gasteiger charge is 2.24. The van der Waals surface area contributed by atoms with E-state index < -0.39 is 6.10 Å². The van der Waals surface area contributed by atoms with Gasteiger partial charge in [-0.15, -0.1) is 0 Å². The SMILES string of the molecule is CN(CC(O)c1ccccc1)C(C)(C)CO. The molecule has 0 aromatic heterocycles. The van der Waals surface area contributed by atoms with Crippen LogP contribution >= 0.6 is 0 Å². The van der Waals surface area contributed by atoms with Crippen LogP contribution in [-0.4, -0.2) is 40.9 Å². The van der Waals surface area contributed by atoms with Gasteiger partial charge in [0, 0.05) is 12.1 Å². The second-order valence-corrected chi connectivity index (χ2v) is 4.78. The molecule has 0 saturated carbocycles. The van der Waals surface area contributed by atoms with Crippen molar-refractivity contribution >= 4 is 0 Å². The molecule has 1 rings (SSSR count). The number of rotatable bonds is 5. The Labute approximate surface area is 97.3 Å². The van der Waals surface area contributed by atoms with Gasteiger partial charge >= 0.3 is 0 Å². The quantitative estimate of drug-likeness (QED) is 0.793. The maximum absolute atomic E-state index is 10.0. The van der Waals surface area contributed by atoms with Crippen molar-refractivity contribution in [1.29, 1.82) is 0 Å². The maximum atomic E-state index is 10.0. The van der Waals surface area contributed by atoms with Gasteiger partial charge in [0.1, 0.15) is 0 Å². The molecule has 3 heteroatoms. The van der Waals surface area contributed by atoms with E-state index in [1.54, 1.807) is 0 Å². The van der Waals surface area contributed by atoms with Crippen LogP contribution in [0.3, 0.4) is 0 Å². The van der Waals surface area contributed by atoms with Gasteiger partial charge in [0.25, 0.3) is 0 Å². The molecule has 90 valence electrons. The van der Waals surface area contributed by atoms with Gasteiger partial charge in [0.05, 0.1) is 12.7 Å². The Hall–Kier alpha value is -0.900. The number of likely N-dealkylation sites (N-methyl/N-ethyl adjacent to an activating group) is 1. The van der Waals surface area contributed by atoms with Gasteiger partial charge in [-0.25, -0.2) is 0 Å². The molecule has 1 atom stereocenters. The van der Waals surface area contributed by atoms with Crippen molar-refractivity contribution in [1.82, 2.24) is 4.90 Å². The minimum absolute atomic E-state index is 0.0744. The minimum atomic E-state index is -0.517. The zero-order valence-corrected chi connectivity index (χ0v) is 10.2. The summed E-state index contributed by atoms with van der Waals surface area (Å²) < 4.78 is 0. The first-order valence-corrected chi connectivity index (χ1v) is 5.52. The van der Waals surface area contributed by atoms with Gasteiger partial charge in [0.15, 0.2) is 0 Å². The highest BCUT2D eigenvalue weighted by Crippen LogP contribution is 2.18. The summed E-state index contributed by atoms with van der Waals surface area (Å²) in [7, 11) is 1.91. The maximum Gasteiger partial charge on any atom is 0.0917 e.